The number of pyridine rings is 1. The number of aromatic nitrogens is 3. The minimum atomic E-state index is -0.623. The second-order valence-corrected chi connectivity index (χ2v) is 6.84. The summed E-state index contributed by atoms with van der Waals surface area (Å²) in [5.41, 5.74) is 1.61. The number of hydrogen-bond acceptors (Lipinski definition) is 5. The lowest BCUT2D eigenvalue weighted by molar-refractivity contribution is 0.0634. The van der Waals surface area contributed by atoms with Crippen LogP contribution in [0.5, 0.6) is 0 Å². The Kier molecular flexibility index (Phi) is 4.79. The van der Waals surface area contributed by atoms with E-state index in [4.69, 9.17) is 0 Å². The van der Waals surface area contributed by atoms with Crippen LogP contribution < -0.4 is 16.6 Å². The van der Waals surface area contributed by atoms with E-state index in [1.54, 1.807) is 4.90 Å². The zero-order chi connectivity index (χ0) is 19.7. The number of nitrogens with one attached hydrogen (secondary N) is 3. The van der Waals surface area contributed by atoms with Gasteiger partial charge < -0.3 is 10.2 Å². The highest BCUT2D eigenvalue weighted by Gasteiger charge is 2.29. The molecule has 0 bridgehead atoms. The van der Waals surface area contributed by atoms with Gasteiger partial charge in [-0.3, -0.25) is 19.6 Å². The van der Waals surface area contributed by atoms with Gasteiger partial charge in [0.15, 0.2) is 0 Å². The summed E-state index contributed by atoms with van der Waals surface area (Å²) in [7, 11) is 0. The molecule has 0 aliphatic carbocycles. The maximum absolute atomic E-state index is 13.2. The molecule has 144 valence electrons. The largest absolute Gasteiger partial charge is 0.329 e. The zero-order valence-electron chi connectivity index (χ0n) is 15.5. The Morgan fingerprint density at radius 3 is 2.75 bits per heavy atom. The first kappa shape index (κ1) is 18.1. The van der Waals surface area contributed by atoms with E-state index in [2.05, 4.69) is 51.5 Å². The summed E-state index contributed by atoms with van der Waals surface area (Å²) >= 11 is 0. The van der Waals surface area contributed by atoms with Crippen molar-refractivity contribution in [1.82, 2.24) is 25.2 Å². The number of aryl methyl sites for hydroxylation is 1. The number of nitrogens with zero attached hydrogens (tertiary/aromatic N) is 2. The van der Waals surface area contributed by atoms with Gasteiger partial charge in [-0.25, -0.2) is 9.78 Å². The van der Waals surface area contributed by atoms with E-state index >= 15 is 0 Å². The number of H-pyrrole nitrogens is 2. The predicted octanol–water partition coefficient (Wildman–Crippen LogP) is 0.961. The molecule has 3 heterocycles. The highest BCUT2D eigenvalue weighted by molar-refractivity contribution is 5.97. The van der Waals surface area contributed by atoms with Gasteiger partial charge >= 0.3 is 5.69 Å². The zero-order valence-corrected chi connectivity index (χ0v) is 15.5. The van der Waals surface area contributed by atoms with Crippen molar-refractivity contribution in [3.63, 3.8) is 0 Å². The molecule has 8 heteroatoms. The van der Waals surface area contributed by atoms with Gasteiger partial charge in [-0.2, -0.15) is 0 Å². The highest BCUT2D eigenvalue weighted by Crippen LogP contribution is 2.25. The molecule has 1 aromatic carbocycles. The maximum atomic E-state index is 13.2. The van der Waals surface area contributed by atoms with Crippen LogP contribution in [0.15, 0.2) is 46.1 Å². The van der Waals surface area contributed by atoms with Gasteiger partial charge in [0, 0.05) is 25.8 Å². The van der Waals surface area contributed by atoms with Gasteiger partial charge in [-0.05, 0) is 23.6 Å². The molecule has 1 fully saturated rings. The number of fused-ring (bicyclic) bond motifs is 1. The van der Waals surface area contributed by atoms with Crippen LogP contribution in [-0.4, -0.2) is 45.4 Å². The second-order valence-electron chi connectivity index (χ2n) is 6.84. The maximum Gasteiger partial charge on any atom is 0.327 e. The number of benzene rings is 1. The van der Waals surface area contributed by atoms with E-state index in [-0.39, 0.29) is 23.0 Å². The van der Waals surface area contributed by atoms with Crippen molar-refractivity contribution >= 4 is 16.9 Å². The SMILES string of the molecule is CCc1ccc(C2CNCCN2C(=O)c2cnc3[nH]c(=O)[nH]c(=O)c3c2)cc1. The lowest BCUT2D eigenvalue weighted by Gasteiger charge is -2.36. The van der Waals surface area contributed by atoms with Crippen LogP contribution in [0.4, 0.5) is 0 Å². The normalized spacial score (nSPS) is 17.0. The lowest BCUT2D eigenvalue weighted by Crippen LogP contribution is -2.48. The van der Waals surface area contributed by atoms with Crippen LogP contribution in [0.25, 0.3) is 11.0 Å². The van der Waals surface area contributed by atoms with Gasteiger partial charge in [0.25, 0.3) is 11.5 Å². The fraction of sp³-hybridized carbons (Fsp3) is 0.300. The van der Waals surface area contributed by atoms with Gasteiger partial charge in [-0.15, -0.1) is 0 Å². The number of rotatable bonds is 3. The van der Waals surface area contributed by atoms with Crippen molar-refractivity contribution in [2.24, 2.45) is 0 Å². The van der Waals surface area contributed by atoms with Crippen LogP contribution in [0.3, 0.4) is 0 Å². The first-order valence-corrected chi connectivity index (χ1v) is 9.29. The number of carbonyl (C=O) groups is 1. The quantitative estimate of drug-likeness (QED) is 0.628. The predicted molar refractivity (Wildman–Crippen MR) is 105 cm³/mol. The smallest absolute Gasteiger partial charge is 0.327 e. The summed E-state index contributed by atoms with van der Waals surface area (Å²) in [5.74, 6) is -0.189. The molecule has 1 aliphatic rings. The molecule has 1 atom stereocenters. The number of hydrogen-bond donors (Lipinski definition) is 3. The molecule has 3 N–H and O–H groups in total. The number of piperazine rings is 1. The molecule has 28 heavy (non-hydrogen) atoms. The molecule has 4 rings (SSSR count). The minimum Gasteiger partial charge on any atom is -0.329 e. The van der Waals surface area contributed by atoms with Crippen molar-refractivity contribution in [3.8, 4) is 0 Å². The van der Waals surface area contributed by atoms with Crippen molar-refractivity contribution < 1.29 is 4.79 Å². The van der Waals surface area contributed by atoms with Crippen molar-refractivity contribution in [2.75, 3.05) is 19.6 Å². The fourth-order valence-corrected chi connectivity index (χ4v) is 3.55. The van der Waals surface area contributed by atoms with E-state index in [1.165, 1.54) is 17.8 Å². The van der Waals surface area contributed by atoms with E-state index < -0.39 is 11.2 Å². The summed E-state index contributed by atoms with van der Waals surface area (Å²) in [6.07, 6.45) is 2.37. The fourth-order valence-electron chi connectivity index (χ4n) is 3.55. The third kappa shape index (κ3) is 3.34. The molecule has 1 saturated heterocycles. The molecule has 0 radical (unpaired) electrons. The molecule has 3 aromatic rings. The first-order chi connectivity index (χ1) is 13.6. The average molecular weight is 379 g/mol. The lowest BCUT2D eigenvalue weighted by atomic mass is 10.00. The van der Waals surface area contributed by atoms with Crippen molar-refractivity contribution in [1.29, 1.82) is 0 Å². The van der Waals surface area contributed by atoms with Crippen LogP contribution in [0.1, 0.15) is 34.5 Å². The van der Waals surface area contributed by atoms with Gasteiger partial charge in [0.05, 0.1) is 17.0 Å². The van der Waals surface area contributed by atoms with Crippen molar-refractivity contribution in [2.45, 2.75) is 19.4 Å². The molecule has 1 amide bonds. The van der Waals surface area contributed by atoms with Gasteiger partial charge in [-0.1, -0.05) is 31.2 Å². The summed E-state index contributed by atoms with van der Waals surface area (Å²) < 4.78 is 0. The minimum absolute atomic E-state index is 0.100. The average Bonchev–Trinajstić information content (AvgIpc) is 2.73. The van der Waals surface area contributed by atoms with E-state index in [9.17, 15) is 14.4 Å². The Morgan fingerprint density at radius 1 is 1.21 bits per heavy atom. The summed E-state index contributed by atoms with van der Waals surface area (Å²) in [6, 6.07) is 9.67. The molecular weight excluding hydrogens is 358 g/mol. The van der Waals surface area contributed by atoms with Crippen LogP contribution in [0, 0.1) is 0 Å². The Morgan fingerprint density at radius 2 is 2.00 bits per heavy atom. The molecular formula is C20H21N5O3. The van der Waals surface area contributed by atoms with Gasteiger partial charge in [0.2, 0.25) is 0 Å². The monoisotopic (exact) mass is 379 g/mol. The summed E-state index contributed by atoms with van der Waals surface area (Å²) in [5, 5.41) is 3.52. The second kappa shape index (κ2) is 7.40. The Bertz CT molecular complexity index is 1130. The molecule has 0 spiro atoms. The summed E-state index contributed by atoms with van der Waals surface area (Å²) in [4.78, 5) is 47.2. The number of carbonyl (C=O) groups excluding carboxylic acids is 1. The number of aromatic amines is 2. The number of amides is 1. The first-order valence-electron chi connectivity index (χ1n) is 9.29. The van der Waals surface area contributed by atoms with Crippen LogP contribution in [-0.2, 0) is 6.42 Å². The third-order valence-corrected chi connectivity index (χ3v) is 5.12. The molecule has 0 saturated carbocycles. The molecule has 1 aliphatic heterocycles. The van der Waals surface area contributed by atoms with Crippen LogP contribution >= 0.6 is 0 Å². The standard InChI is InChI=1S/C20H21N5O3/c1-2-12-3-5-13(6-4-12)16-11-21-7-8-25(16)19(27)14-9-15-17(22-10-14)23-20(28)24-18(15)26/h3-6,9-10,16,21H,2,7-8,11H2,1H3,(H2,22,23,24,26,28). The van der Waals surface area contributed by atoms with Crippen LogP contribution in [0.2, 0.25) is 0 Å². The topological polar surface area (TPSA) is 111 Å². The molecule has 1 unspecified atom stereocenters. The van der Waals surface area contributed by atoms with E-state index in [0.29, 0.717) is 25.2 Å². The highest BCUT2D eigenvalue weighted by atomic mass is 16.2. The van der Waals surface area contributed by atoms with Crippen molar-refractivity contribution in [3.05, 3.63) is 74.1 Å². The molecule has 2 aromatic heterocycles. The van der Waals surface area contributed by atoms with Gasteiger partial charge in [0.1, 0.15) is 5.65 Å². The Balaban J connectivity index is 1.69. The Hall–Kier alpha value is -3.26. The molecule has 8 nitrogen and oxygen atoms in total. The van der Waals surface area contributed by atoms with E-state index in [1.807, 2.05) is 0 Å². The third-order valence-electron chi connectivity index (χ3n) is 5.12. The van der Waals surface area contributed by atoms with E-state index in [0.717, 1.165) is 12.0 Å². The Labute approximate surface area is 160 Å². The summed E-state index contributed by atoms with van der Waals surface area (Å²) in [6.45, 7) is 4.02.